The molecule has 1 aromatic rings. The zero-order valence-corrected chi connectivity index (χ0v) is 23.1. The van der Waals surface area contributed by atoms with Crippen LogP contribution in [0.5, 0.6) is 0 Å². The number of hydrogen-bond donors (Lipinski definition) is 1. The highest BCUT2D eigenvalue weighted by molar-refractivity contribution is 5.87. The van der Waals surface area contributed by atoms with Crippen LogP contribution in [0.1, 0.15) is 97.9 Å². The lowest BCUT2D eigenvalue weighted by molar-refractivity contribution is -0.153. The quantitative estimate of drug-likeness (QED) is 0.384. The van der Waals surface area contributed by atoms with Gasteiger partial charge in [0.2, 0.25) is 0 Å². The van der Waals surface area contributed by atoms with Gasteiger partial charge in [-0.1, -0.05) is 52.7 Å². The number of esters is 1. The first kappa shape index (κ1) is 29.0. The van der Waals surface area contributed by atoms with Crippen molar-refractivity contribution in [1.82, 2.24) is 4.98 Å². The Labute approximate surface area is 211 Å². The van der Waals surface area contributed by atoms with Crippen LogP contribution in [0.3, 0.4) is 0 Å². The van der Waals surface area contributed by atoms with Crippen molar-refractivity contribution in [3.8, 4) is 0 Å². The first-order chi connectivity index (χ1) is 16.2. The zero-order valence-electron chi connectivity index (χ0n) is 23.1. The van der Waals surface area contributed by atoms with E-state index in [4.69, 9.17) is 9.15 Å². The molecule has 1 aromatic heterocycles. The normalized spacial score (nSPS) is 31.5. The van der Waals surface area contributed by atoms with Gasteiger partial charge >= 0.3 is 5.97 Å². The van der Waals surface area contributed by atoms with E-state index in [0.717, 1.165) is 24.8 Å². The van der Waals surface area contributed by atoms with Gasteiger partial charge < -0.3 is 14.3 Å². The van der Waals surface area contributed by atoms with Crippen molar-refractivity contribution in [3.63, 3.8) is 0 Å². The van der Waals surface area contributed by atoms with Crippen LogP contribution in [0.25, 0.3) is 6.08 Å². The van der Waals surface area contributed by atoms with E-state index in [1.807, 2.05) is 26.8 Å². The second kappa shape index (κ2) is 12.2. The molecule has 35 heavy (non-hydrogen) atoms. The standard InChI is InChI=1S/C29H45NO5/c1-17-11-10-12-18(2)20(4)21(5)28(33)29(8,9)26(31)16-27(32)35-25(14-13-17)19(3)15-24-22(6)34-23(7)30-24/h13,15,18,20-21,25-26,31H,10-12,14,16H2,1-9H3/b17-13-,19-15+/t18-,20-,21+,25-,26-/m0/s1. The summed E-state index contributed by atoms with van der Waals surface area (Å²) < 4.78 is 11.4. The Morgan fingerprint density at radius 2 is 1.83 bits per heavy atom. The molecule has 0 unspecified atom stereocenters. The first-order valence-electron chi connectivity index (χ1n) is 12.9. The van der Waals surface area contributed by atoms with Crippen molar-refractivity contribution >= 4 is 17.8 Å². The molecule has 0 amide bonds. The van der Waals surface area contributed by atoms with Crippen LogP contribution in [0, 0.1) is 37.0 Å². The van der Waals surface area contributed by atoms with Crippen molar-refractivity contribution in [3.05, 3.63) is 34.6 Å². The fraction of sp³-hybridized carbons (Fsp3) is 0.690. The molecule has 2 heterocycles. The van der Waals surface area contributed by atoms with Gasteiger partial charge in [-0.25, -0.2) is 4.98 Å². The molecule has 2 rings (SSSR count). The fourth-order valence-electron chi connectivity index (χ4n) is 4.79. The molecule has 0 aliphatic carbocycles. The zero-order chi connectivity index (χ0) is 26.5. The van der Waals surface area contributed by atoms with Gasteiger partial charge in [0.05, 0.1) is 17.9 Å². The highest BCUT2D eigenvalue weighted by Gasteiger charge is 2.41. The SMILES string of the molecule is C/C1=C/C[C@@H](/C(C)=C/c2nc(C)oc2C)OC(=O)C[C@H](O)C(C)(C)C(=O)[C@H](C)[C@@H](C)[C@@H](C)CCC1. The largest absolute Gasteiger partial charge is 0.457 e. The molecule has 0 aromatic carbocycles. The van der Waals surface area contributed by atoms with Crippen molar-refractivity contribution < 1.29 is 23.8 Å². The molecule has 6 nitrogen and oxygen atoms in total. The highest BCUT2D eigenvalue weighted by atomic mass is 16.5. The summed E-state index contributed by atoms with van der Waals surface area (Å²) >= 11 is 0. The lowest BCUT2D eigenvalue weighted by Gasteiger charge is -2.35. The highest BCUT2D eigenvalue weighted by Crippen LogP contribution is 2.35. The number of hydrogen-bond acceptors (Lipinski definition) is 6. The van der Waals surface area contributed by atoms with E-state index in [1.54, 1.807) is 20.8 Å². The average molecular weight is 488 g/mol. The third-order valence-corrected chi connectivity index (χ3v) is 7.92. The van der Waals surface area contributed by atoms with Crippen molar-refractivity contribution in [2.75, 3.05) is 0 Å². The summed E-state index contributed by atoms with van der Waals surface area (Å²) in [6.45, 7) is 17.4. The Bertz CT molecular complexity index is 954. The molecule has 5 atom stereocenters. The van der Waals surface area contributed by atoms with Crippen molar-refractivity contribution in [2.24, 2.45) is 23.2 Å². The number of nitrogens with zero attached hydrogens (tertiary/aromatic N) is 1. The molecule has 196 valence electrons. The molecule has 1 N–H and O–H groups in total. The first-order valence-corrected chi connectivity index (χ1v) is 12.9. The van der Waals surface area contributed by atoms with Gasteiger partial charge in [-0.15, -0.1) is 0 Å². The summed E-state index contributed by atoms with van der Waals surface area (Å²) in [6, 6.07) is 0. The number of Topliss-reactive ketones (excluding diaryl/α,β-unsaturated/α-hetero) is 1. The Morgan fingerprint density at radius 3 is 2.43 bits per heavy atom. The van der Waals surface area contributed by atoms with Gasteiger partial charge in [0.1, 0.15) is 23.3 Å². The Morgan fingerprint density at radius 1 is 1.17 bits per heavy atom. The summed E-state index contributed by atoms with van der Waals surface area (Å²) in [7, 11) is 0. The second-order valence-electron chi connectivity index (χ2n) is 11.2. The summed E-state index contributed by atoms with van der Waals surface area (Å²) in [5.74, 6) is 1.14. The van der Waals surface area contributed by atoms with E-state index in [1.165, 1.54) is 5.57 Å². The fourth-order valence-corrected chi connectivity index (χ4v) is 4.79. The van der Waals surface area contributed by atoms with Gasteiger partial charge in [0.25, 0.3) is 0 Å². The van der Waals surface area contributed by atoms with Crippen LogP contribution in [0.15, 0.2) is 21.6 Å². The predicted molar refractivity (Wildman–Crippen MR) is 139 cm³/mol. The summed E-state index contributed by atoms with van der Waals surface area (Å²) in [4.78, 5) is 30.7. The molecule has 0 saturated carbocycles. The number of oxazole rings is 1. The average Bonchev–Trinajstić information content (AvgIpc) is 3.10. The molecule has 0 radical (unpaired) electrons. The number of carbonyl (C=O) groups is 2. The summed E-state index contributed by atoms with van der Waals surface area (Å²) in [6.07, 6.45) is 5.76. The van der Waals surface area contributed by atoms with Crippen molar-refractivity contribution in [2.45, 2.75) is 107 Å². The number of ketones is 1. The number of allylic oxidation sites excluding steroid dienone is 1. The van der Waals surface area contributed by atoms with Gasteiger partial charge in [-0.2, -0.15) is 0 Å². The van der Waals surface area contributed by atoms with E-state index >= 15 is 0 Å². The van der Waals surface area contributed by atoms with E-state index in [9.17, 15) is 14.7 Å². The number of carbonyl (C=O) groups excluding carboxylic acids is 2. The minimum Gasteiger partial charge on any atom is -0.457 e. The Kier molecular flexibility index (Phi) is 10.1. The number of cyclic esters (lactones) is 1. The molecular weight excluding hydrogens is 442 g/mol. The molecule has 6 heteroatoms. The topological polar surface area (TPSA) is 89.6 Å². The molecule has 0 bridgehead atoms. The second-order valence-corrected chi connectivity index (χ2v) is 11.2. The maximum atomic E-state index is 13.3. The Balaban J connectivity index is 2.36. The van der Waals surface area contributed by atoms with Crippen LogP contribution in [0.4, 0.5) is 0 Å². The number of ether oxygens (including phenoxy) is 1. The van der Waals surface area contributed by atoms with Gasteiger partial charge in [-0.05, 0) is 57.1 Å². The minimum atomic E-state index is -1.12. The summed E-state index contributed by atoms with van der Waals surface area (Å²) in [5, 5.41) is 10.9. The molecule has 0 saturated heterocycles. The third-order valence-electron chi connectivity index (χ3n) is 7.92. The van der Waals surface area contributed by atoms with E-state index in [0.29, 0.717) is 29.7 Å². The number of aromatic nitrogens is 1. The van der Waals surface area contributed by atoms with Gasteiger partial charge in [0, 0.05) is 19.3 Å². The molecular formula is C29H45NO5. The molecule has 1 aliphatic heterocycles. The molecule has 0 fully saturated rings. The van der Waals surface area contributed by atoms with Crippen LogP contribution >= 0.6 is 0 Å². The predicted octanol–water partition coefficient (Wildman–Crippen LogP) is 6.38. The monoisotopic (exact) mass is 487 g/mol. The van der Waals surface area contributed by atoms with Gasteiger partial charge in [0.15, 0.2) is 5.89 Å². The lowest BCUT2D eigenvalue weighted by Crippen LogP contribution is -2.44. The maximum Gasteiger partial charge on any atom is 0.309 e. The number of aliphatic hydroxyl groups is 1. The minimum absolute atomic E-state index is 0.00942. The van der Waals surface area contributed by atoms with Gasteiger partial charge in [-0.3, -0.25) is 9.59 Å². The van der Waals surface area contributed by atoms with E-state index < -0.39 is 23.6 Å². The number of rotatable bonds is 2. The van der Waals surface area contributed by atoms with Crippen LogP contribution < -0.4 is 0 Å². The number of aliphatic hydroxyl groups excluding tert-OH is 1. The lowest BCUT2D eigenvalue weighted by atomic mass is 9.70. The van der Waals surface area contributed by atoms with E-state index in [2.05, 4.69) is 31.8 Å². The number of aryl methyl sites for hydroxylation is 2. The van der Waals surface area contributed by atoms with Crippen molar-refractivity contribution in [1.29, 1.82) is 0 Å². The smallest absolute Gasteiger partial charge is 0.309 e. The van der Waals surface area contributed by atoms with Crippen LogP contribution in [0.2, 0.25) is 0 Å². The third kappa shape index (κ3) is 7.63. The Hall–Kier alpha value is -2.21. The molecule has 0 spiro atoms. The molecule has 1 aliphatic rings. The van der Waals surface area contributed by atoms with Crippen LogP contribution in [-0.2, 0) is 14.3 Å². The van der Waals surface area contributed by atoms with Crippen LogP contribution in [-0.4, -0.2) is 34.1 Å². The van der Waals surface area contributed by atoms with E-state index in [-0.39, 0.29) is 24.0 Å². The maximum absolute atomic E-state index is 13.3. The summed E-state index contributed by atoms with van der Waals surface area (Å²) in [5.41, 5.74) is 1.77.